The van der Waals surface area contributed by atoms with Crippen molar-refractivity contribution in [2.45, 2.75) is 49.8 Å². The maximum atomic E-state index is 12.7. The van der Waals surface area contributed by atoms with Crippen molar-refractivity contribution in [3.63, 3.8) is 0 Å². The van der Waals surface area contributed by atoms with Crippen LogP contribution in [0, 0.1) is 6.92 Å². The van der Waals surface area contributed by atoms with Crippen LogP contribution in [-0.2, 0) is 21.4 Å². The normalized spacial score (nSPS) is 14.8. The summed E-state index contributed by atoms with van der Waals surface area (Å²) in [5, 5.41) is 4.22. The largest absolute Gasteiger partial charge is 0.598 e. The van der Waals surface area contributed by atoms with Gasteiger partial charge >= 0.3 is 0 Å². The first-order valence-electron chi connectivity index (χ1n) is 8.22. The third kappa shape index (κ3) is 4.76. The lowest BCUT2D eigenvalue weighted by molar-refractivity contribution is 0.519. The van der Waals surface area contributed by atoms with Crippen LogP contribution in [0.3, 0.4) is 0 Å². The van der Waals surface area contributed by atoms with Crippen LogP contribution >= 0.6 is 0 Å². The minimum Gasteiger partial charge on any atom is -0.598 e. The van der Waals surface area contributed by atoms with Crippen LogP contribution in [0.1, 0.15) is 44.5 Å². The molecule has 1 aromatic carbocycles. The molecule has 6 nitrogen and oxygen atoms in total. The molecular weight excluding hydrogens is 370 g/mol. The molecule has 142 valence electrons. The topological polar surface area (TPSA) is 87.0 Å². The van der Waals surface area contributed by atoms with Gasteiger partial charge < -0.3 is 4.55 Å². The summed E-state index contributed by atoms with van der Waals surface area (Å²) in [6.45, 7) is 11.2. The van der Waals surface area contributed by atoms with E-state index < -0.39 is 26.1 Å². The third-order valence-corrected chi connectivity index (χ3v) is 6.89. The Balaban J connectivity index is 2.30. The molecule has 0 radical (unpaired) electrons. The molecule has 0 bridgehead atoms. The van der Waals surface area contributed by atoms with Crippen LogP contribution in [0.4, 0.5) is 0 Å². The maximum Gasteiger partial charge on any atom is 0.282 e. The fourth-order valence-electron chi connectivity index (χ4n) is 2.16. The first-order chi connectivity index (χ1) is 12.1. The smallest absolute Gasteiger partial charge is 0.282 e. The quantitative estimate of drug-likeness (QED) is 0.575. The highest BCUT2D eigenvalue weighted by molar-refractivity contribution is 7.90. The maximum absolute atomic E-state index is 12.7. The van der Waals surface area contributed by atoms with Crippen molar-refractivity contribution >= 4 is 21.4 Å². The van der Waals surface area contributed by atoms with E-state index in [1.807, 2.05) is 27.7 Å². The van der Waals surface area contributed by atoms with Gasteiger partial charge in [0.2, 0.25) is 0 Å². The van der Waals surface area contributed by atoms with Gasteiger partial charge in [-0.05, 0) is 52.3 Å². The molecule has 1 N–H and O–H groups in total. The van der Waals surface area contributed by atoms with Crippen molar-refractivity contribution in [3.05, 3.63) is 60.4 Å². The van der Waals surface area contributed by atoms with E-state index >= 15 is 0 Å². The lowest BCUT2D eigenvalue weighted by Crippen LogP contribution is -2.41. The highest BCUT2D eigenvalue weighted by atomic mass is 32.2. The average molecular weight is 396 g/mol. The Morgan fingerprint density at radius 1 is 1.31 bits per heavy atom. The van der Waals surface area contributed by atoms with Gasteiger partial charge in [0.05, 0.1) is 16.6 Å². The Kier molecular flexibility index (Phi) is 6.33. The molecule has 0 spiro atoms. The van der Waals surface area contributed by atoms with E-state index in [0.29, 0.717) is 12.1 Å². The zero-order chi connectivity index (χ0) is 19.5. The molecule has 0 unspecified atom stereocenters. The molecular formula is C18H25N3O3S2. The lowest BCUT2D eigenvalue weighted by atomic mass is 10.1. The fraction of sp³-hybridized carbons (Fsp3) is 0.389. The molecule has 0 saturated heterocycles. The van der Waals surface area contributed by atoms with Crippen LogP contribution < -0.4 is 4.72 Å². The van der Waals surface area contributed by atoms with Crippen molar-refractivity contribution in [3.8, 4) is 0 Å². The van der Waals surface area contributed by atoms with Gasteiger partial charge in [0, 0.05) is 17.6 Å². The van der Waals surface area contributed by atoms with Gasteiger partial charge in [0.25, 0.3) is 10.0 Å². The van der Waals surface area contributed by atoms with E-state index in [1.54, 1.807) is 36.4 Å². The number of hydrogen-bond acceptors (Lipinski definition) is 5. The summed E-state index contributed by atoms with van der Waals surface area (Å²) in [4.78, 5) is 0.171. The summed E-state index contributed by atoms with van der Waals surface area (Å²) in [5.41, 5.74) is 1.48. The van der Waals surface area contributed by atoms with Gasteiger partial charge in [-0.25, -0.2) is 0 Å². The SMILES string of the molecule is C=CC[C@H](N[S@@+]([O-])C(C)(C)C)c1ccn(S(=O)(=O)c2ccc(C)cc2)n1. The van der Waals surface area contributed by atoms with E-state index in [4.69, 9.17) is 0 Å². The number of benzene rings is 1. The van der Waals surface area contributed by atoms with E-state index in [-0.39, 0.29) is 10.9 Å². The van der Waals surface area contributed by atoms with Crippen molar-refractivity contribution in [2.24, 2.45) is 0 Å². The molecule has 2 rings (SSSR count). The predicted molar refractivity (Wildman–Crippen MR) is 105 cm³/mol. The summed E-state index contributed by atoms with van der Waals surface area (Å²) in [5.74, 6) is 0. The summed E-state index contributed by atoms with van der Waals surface area (Å²) < 4.78 is 41.4. The van der Waals surface area contributed by atoms with Crippen molar-refractivity contribution in [1.29, 1.82) is 0 Å². The van der Waals surface area contributed by atoms with Crippen LogP contribution in [0.5, 0.6) is 0 Å². The highest BCUT2D eigenvalue weighted by Gasteiger charge is 2.30. The lowest BCUT2D eigenvalue weighted by Gasteiger charge is -2.26. The standard InChI is InChI=1S/C18H25N3O3S2/c1-6-7-17(20-25(22)18(3,4)5)16-12-13-21(19-16)26(23,24)15-10-8-14(2)9-11-15/h6,8-13,17,20H,1,7H2,2-5H3/t17-,25-/m0/s1. The molecule has 2 atom stereocenters. The second-order valence-corrected chi connectivity index (χ2v) is 10.8. The Hall–Kier alpha value is -1.61. The van der Waals surface area contributed by atoms with Gasteiger partial charge in [0.1, 0.15) is 4.75 Å². The van der Waals surface area contributed by atoms with Gasteiger partial charge in [-0.2, -0.15) is 17.6 Å². The monoisotopic (exact) mass is 395 g/mol. The summed E-state index contributed by atoms with van der Waals surface area (Å²) in [7, 11) is -3.76. The molecule has 0 amide bonds. The molecule has 26 heavy (non-hydrogen) atoms. The average Bonchev–Trinajstić information content (AvgIpc) is 3.04. The van der Waals surface area contributed by atoms with Crippen LogP contribution in [0.25, 0.3) is 0 Å². The van der Waals surface area contributed by atoms with Crippen molar-refractivity contribution in [2.75, 3.05) is 0 Å². The molecule has 2 aromatic rings. The Labute approximate surface area is 158 Å². The summed E-state index contributed by atoms with van der Waals surface area (Å²) in [6.07, 6.45) is 3.57. The van der Waals surface area contributed by atoms with Crippen LogP contribution in [0.2, 0.25) is 0 Å². The first-order valence-corrected chi connectivity index (χ1v) is 10.8. The van der Waals surface area contributed by atoms with Crippen molar-refractivity contribution in [1.82, 2.24) is 13.9 Å². The van der Waals surface area contributed by atoms with Gasteiger partial charge in [0.15, 0.2) is 0 Å². The molecule has 1 heterocycles. The second kappa shape index (κ2) is 7.96. The van der Waals surface area contributed by atoms with E-state index in [1.165, 1.54) is 6.20 Å². The number of aromatic nitrogens is 2. The van der Waals surface area contributed by atoms with E-state index in [0.717, 1.165) is 9.65 Å². The molecule has 0 aliphatic carbocycles. The van der Waals surface area contributed by atoms with Gasteiger partial charge in [-0.1, -0.05) is 23.8 Å². The predicted octanol–water partition coefficient (Wildman–Crippen LogP) is 3.10. The van der Waals surface area contributed by atoms with Gasteiger partial charge in [-0.15, -0.1) is 11.3 Å². The molecule has 0 aliphatic rings. The number of nitrogens with one attached hydrogen (secondary N) is 1. The molecule has 0 aliphatic heterocycles. The van der Waals surface area contributed by atoms with E-state index in [2.05, 4.69) is 16.4 Å². The number of aryl methyl sites for hydroxylation is 1. The zero-order valence-corrected chi connectivity index (χ0v) is 17.1. The summed E-state index contributed by atoms with van der Waals surface area (Å²) >= 11 is -1.32. The van der Waals surface area contributed by atoms with Gasteiger partial charge in [-0.3, -0.25) is 0 Å². The van der Waals surface area contributed by atoms with Crippen LogP contribution in [0.15, 0.2) is 54.1 Å². The molecule has 8 heteroatoms. The zero-order valence-electron chi connectivity index (χ0n) is 15.5. The summed E-state index contributed by atoms with van der Waals surface area (Å²) in [6, 6.07) is 7.83. The van der Waals surface area contributed by atoms with Crippen molar-refractivity contribution < 1.29 is 13.0 Å². The minimum atomic E-state index is -3.76. The number of nitrogens with zero attached hydrogens (tertiary/aromatic N) is 2. The Morgan fingerprint density at radius 2 is 1.92 bits per heavy atom. The molecule has 0 saturated carbocycles. The fourth-order valence-corrected chi connectivity index (χ4v) is 4.11. The number of rotatable bonds is 7. The molecule has 1 aromatic heterocycles. The van der Waals surface area contributed by atoms with E-state index in [9.17, 15) is 13.0 Å². The Morgan fingerprint density at radius 3 is 2.46 bits per heavy atom. The molecule has 0 fully saturated rings. The minimum absolute atomic E-state index is 0.171. The first kappa shape index (κ1) is 20.7. The van der Waals surface area contributed by atoms with Crippen LogP contribution in [-0.4, -0.2) is 26.9 Å². The Bertz CT molecular complexity index is 853. The highest BCUT2D eigenvalue weighted by Crippen LogP contribution is 2.23. The third-order valence-electron chi connectivity index (χ3n) is 3.72. The second-order valence-electron chi connectivity index (χ2n) is 7.01. The number of hydrogen-bond donors (Lipinski definition) is 1.